The number of rotatable bonds is 7. The summed E-state index contributed by atoms with van der Waals surface area (Å²) in [7, 11) is 0. The molecule has 32 heavy (non-hydrogen) atoms. The molecular weight excluding hydrogens is 442 g/mol. The lowest BCUT2D eigenvalue weighted by Gasteiger charge is -2.14. The number of thiocarbonyl (C=S) groups is 1. The van der Waals surface area contributed by atoms with Crippen LogP contribution < -0.4 is 4.74 Å². The number of benzene rings is 2. The molecule has 1 N–H and O–H groups in total. The summed E-state index contributed by atoms with van der Waals surface area (Å²) in [5.74, 6) is 0.512. The van der Waals surface area contributed by atoms with E-state index in [-0.39, 0.29) is 18.2 Å². The molecule has 1 fully saturated rings. The summed E-state index contributed by atoms with van der Waals surface area (Å²) in [5.41, 5.74) is 4.22. The fraction of sp³-hybridized carbons (Fsp3) is 0.240. The Morgan fingerprint density at radius 1 is 1.22 bits per heavy atom. The average Bonchev–Trinajstić information content (AvgIpc) is 3.18. The number of fused-ring (bicyclic) bond motifs is 1. The van der Waals surface area contributed by atoms with Gasteiger partial charge in [0.2, 0.25) is 0 Å². The molecule has 2 aromatic carbocycles. The number of aryl methyl sites for hydroxylation is 1. The van der Waals surface area contributed by atoms with E-state index in [1.807, 2.05) is 55.5 Å². The van der Waals surface area contributed by atoms with Crippen molar-refractivity contribution in [3.05, 3.63) is 82.0 Å². The summed E-state index contributed by atoms with van der Waals surface area (Å²) >= 11 is 6.64. The molecule has 2 aliphatic rings. The zero-order valence-corrected chi connectivity index (χ0v) is 19.5. The van der Waals surface area contributed by atoms with E-state index in [0.717, 1.165) is 33.8 Å². The third-order valence-electron chi connectivity index (χ3n) is 5.55. The van der Waals surface area contributed by atoms with E-state index in [1.165, 1.54) is 16.7 Å². The summed E-state index contributed by atoms with van der Waals surface area (Å²) in [6.45, 7) is 4.42. The van der Waals surface area contributed by atoms with Gasteiger partial charge >= 0.3 is 5.97 Å². The van der Waals surface area contributed by atoms with Crippen LogP contribution in [0.4, 0.5) is 0 Å². The van der Waals surface area contributed by atoms with E-state index >= 15 is 0 Å². The molecule has 0 saturated carbocycles. The van der Waals surface area contributed by atoms with Crippen molar-refractivity contribution in [1.82, 2.24) is 4.90 Å². The molecule has 2 aromatic rings. The number of allylic oxidation sites excluding steroid dienone is 3. The highest BCUT2D eigenvalue weighted by molar-refractivity contribution is 8.26. The highest BCUT2D eigenvalue weighted by Gasteiger charge is 2.35. The van der Waals surface area contributed by atoms with Gasteiger partial charge in [0.15, 0.2) is 0 Å². The quantitative estimate of drug-likeness (QED) is 0.430. The Bertz CT molecular complexity index is 1150. The van der Waals surface area contributed by atoms with Crippen molar-refractivity contribution in [3.8, 4) is 5.75 Å². The summed E-state index contributed by atoms with van der Waals surface area (Å²) in [5, 5.41) is 8.87. The minimum absolute atomic E-state index is 0.000683. The van der Waals surface area contributed by atoms with Crippen LogP contribution in [0.5, 0.6) is 5.75 Å². The Hall–Kier alpha value is -2.90. The first-order chi connectivity index (χ1) is 15.3. The van der Waals surface area contributed by atoms with E-state index < -0.39 is 5.97 Å². The van der Waals surface area contributed by atoms with Gasteiger partial charge in [-0.2, -0.15) is 0 Å². The maximum atomic E-state index is 13.0. The van der Waals surface area contributed by atoms with Gasteiger partial charge in [0.05, 0.1) is 4.91 Å². The van der Waals surface area contributed by atoms with Gasteiger partial charge in [-0.25, -0.2) is 0 Å². The number of carbonyl (C=O) groups is 2. The molecular formula is C25H23NO4S2. The third kappa shape index (κ3) is 4.49. The lowest BCUT2D eigenvalue weighted by Crippen LogP contribution is -2.29. The number of nitrogens with zero attached hydrogens (tertiary/aromatic N) is 1. The minimum Gasteiger partial charge on any atom is -0.481 e. The minimum atomic E-state index is -0.884. The normalized spacial score (nSPS) is 19.1. The maximum absolute atomic E-state index is 13.0. The molecule has 0 bridgehead atoms. The first-order valence-corrected chi connectivity index (χ1v) is 11.6. The van der Waals surface area contributed by atoms with Gasteiger partial charge in [0, 0.05) is 24.5 Å². The van der Waals surface area contributed by atoms with Crippen LogP contribution in [0.15, 0.2) is 65.3 Å². The fourth-order valence-corrected chi connectivity index (χ4v) is 5.16. The molecule has 0 spiro atoms. The van der Waals surface area contributed by atoms with Crippen molar-refractivity contribution >= 4 is 45.7 Å². The van der Waals surface area contributed by atoms with Gasteiger partial charge in [0.1, 0.15) is 15.8 Å². The second-order valence-corrected chi connectivity index (χ2v) is 9.51. The molecule has 1 aliphatic heterocycles. The number of hydrogen-bond donors (Lipinski definition) is 1. The van der Waals surface area contributed by atoms with Crippen molar-refractivity contribution < 1.29 is 19.4 Å². The molecule has 0 aromatic heterocycles. The Kier molecular flexibility index (Phi) is 6.48. The number of carboxylic acid groups (broad SMARTS) is 1. The smallest absolute Gasteiger partial charge is 0.303 e. The number of hydrogen-bond acceptors (Lipinski definition) is 5. The summed E-state index contributed by atoms with van der Waals surface area (Å²) in [6.07, 6.45) is 2.22. The average molecular weight is 466 g/mol. The van der Waals surface area contributed by atoms with Crippen LogP contribution in [-0.2, 0) is 9.59 Å². The van der Waals surface area contributed by atoms with E-state index in [9.17, 15) is 9.59 Å². The number of carboxylic acids is 1. The summed E-state index contributed by atoms with van der Waals surface area (Å²) in [6, 6.07) is 16.0. The standard InChI is InChI=1S/C25H23NO4S2/c1-15-9-11-17(12-10-15)30-23-16(2)18-6-3-4-7-19(18)20(23)14-21-24(29)26(25(31)32-21)13-5-8-22(27)28/h3-4,6-7,9-12,14,16H,5,8,13H2,1-2H3,(H,27,28)/b21-14-. The summed E-state index contributed by atoms with van der Waals surface area (Å²) < 4.78 is 6.78. The Balaban J connectivity index is 1.67. The van der Waals surface area contributed by atoms with Crippen molar-refractivity contribution in [2.45, 2.75) is 32.6 Å². The van der Waals surface area contributed by atoms with Crippen LogP contribution in [0.3, 0.4) is 0 Å². The Morgan fingerprint density at radius 3 is 2.66 bits per heavy atom. The van der Waals surface area contributed by atoms with Crippen molar-refractivity contribution in [2.24, 2.45) is 0 Å². The molecule has 1 heterocycles. The molecule has 5 nitrogen and oxygen atoms in total. The number of ether oxygens (including phenoxy) is 1. The first-order valence-electron chi connectivity index (χ1n) is 10.4. The molecule has 7 heteroatoms. The molecule has 164 valence electrons. The monoisotopic (exact) mass is 465 g/mol. The topological polar surface area (TPSA) is 66.8 Å². The van der Waals surface area contributed by atoms with E-state index in [4.69, 9.17) is 22.1 Å². The highest BCUT2D eigenvalue weighted by atomic mass is 32.2. The number of amides is 1. The van der Waals surface area contributed by atoms with Gasteiger partial charge < -0.3 is 9.84 Å². The van der Waals surface area contributed by atoms with Crippen molar-refractivity contribution in [1.29, 1.82) is 0 Å². The molecule has 1 atom stereocenters. The van der Waals surface area contributed by atoms with Crippen LogP contribution in [0.2, 0.25) is 0 Å². The van der Waals surface area contributed by atoms with Crippen LogP contribution >= 0.6 is 24.0 Å². The first kappa shape index (κ1) is 22.3. The molecule has 1 aliphatic carbocycles. The number of aliphatic carboxylic acids is 1. The maximum Gasteiger partial charge on any atom is 0.303 e. The Labute approximate surface area is 196 Å². The molecule has 4 rings (SSSR count). The van der Waals surface area contributed by atoms with E-state index in [1.54, 1.807) is 0 Å². The zero-order chi connectivity index (χ0) is 22.8. The van der Waals surface area contributed by atoms with Crippen molar-refractivity contribution in [3.63, 3.8) is 0 Å². The van der Waals surface area contributed by atoms with Gasteiger partial charge in [-0.3, -0.25) is 14.5 Å². The molecule has 1 amide bonds. The molecule has 0 radical (unpaired) electrons. The van der Waals surface area contributed by atoms with Gasteiger partial charge in [-0.15, -0.1) is 0 Å². The van der Waals surface area contributed by atoms with Crippen LogP contribution in [0.1, 0.15) is 42.4 Å². The summed E-state index contributed by atoms with van der Waals surface area (Å²) in [4.78, 5) is 25.8. The number of thioether (sulfide) groups is 1. The van der Waals surface area contributed by atoms with Gasteiger partial charge in [-0.1, -0.05) is 72.9 Å². The van der Waals surface area contributed by atoms with E-state index in [0.29, 0.717) is 22.2 Å². The van der Waals surface area contributed by atoms with Gasteiger partial charge in [-0.05, 0) is 42.7 Å². The fourth-order valence-electron chi connectivity index (χ4n) is 3.86. The molecule has 1 unspecified atom stereocenters. The SMILES string of the molecule is Cc1ccc(OC2=C(/C=C3\SC(=S)N(CCCC(=O)O)C3=O)c3ccccc3C2C)cc1. The lowest BCUT2D eigenvalue weighted by molar-refractivity contribution is -0.137. The molecule has 1 saturated heterocycles. The lowest BCUT2D eigenvalue weighted by atomic mass is 10.0. The van der Waals surface area contributed by atoms with Crippen LogP contribution in [0, 0.1) is 6.92 Å². The number of carbonyl (C=O) groups excluding carboxylic acids is 1. The Morgan fingerprint density at radius 2 is 1.94 bits per heavy atom. The second-order valence-electron chi connectivity index (χ2n) is 7.83. The predicted octanol–water partition coefficient (Wildman–Crippen LogP) is 5.51. The largest absolute Gasteiger partial charge is 0.481 e. The van der Waals surface area contributed by atoms with E-state index in [2.05, 4.69) is 13.0 Å². The zero-order valence-electron chi connectivity index (χ0n) is 17.8. The highest BCUT2D eigenvalue weighted by Crippen LogP contribution is 2.45. The van der Waals surface area contributed by atoms with Crippen molar-refractivity contribution in [2.75, 3.05) is 6.54 Å². The second kappa shape index (κ2) is 9.30. The third-order valence-corrected chi connectivity index (χ3v) is 6.92. The van der Waals surface area contributed by atoms with Crippen LogP contribution in [0.25, 0.3) is 5.57 Å². The van der Waals surface area contributed by atoms with Crippen LogP contribution in [-0.4, -0.2) is 32.7 Å². The van der Waals surface area contributed by atoms with Gasteiger partial charge in [0.25, 0.3) is 5.91 Å². The predicted molar refractivity (Wildman–Crippen MR) is 130 cm³/mol.